The van der Waals surface area contributed by atoms with Gasteiger partial charge in [-0.2, -0.15) is 11.8 Å². The zero-order chi connectivity index (χ0) is 8.97. The van der Waals surface area contributed by atoms with Gasteiger partial charge in [-0.3, -0.25) is 0 Å². The maximum Gasteiger partial charge on any atom is 0.238 e. The van der Waals surface area contributed by atoms with E-state index in [2.05, 4.69) is 0 Å². The van der Waals surface area contributed by atoms with Gasteiger partial charge in [0.2, 0.25) is 6.43 Å². The van der Waals surface area contributed by atoms with E-state index in [0.717, 1.165) is 17.9 Å². The minimum Gasteiger partial charge on any atom is -0.330 e. The molecule has 0 radical (unpaired) electrons. The van der Waals surface area contributed by atoms with Crippen LogP contribution in [0.1, 0.15) is 12.8 Å². The Kier molecular flexibility index (Phi) is 4.29. The van der Waals surface area contributed by atoms with Gasteiger partial charge < -0.3 is 5.73 Å². The van der Waals surface area contributed by atoms with E-state index in [9.17, 15) is 8.78 Å². The summed E-state index contributed by atoms with van der Waals surface area (Å²) in [5.74, 6) is 2.43. The second kappa shape index (κ2) is 5.02. The van der Waals surface area contributed by atoms with Gasteiger partial charge in [0.15, 0.2) is 0 Å². The fourth-order valence-electron chi connectivity index (χ4n) is 1.64. The lowest BCUT2D eigenvalue weighted by molar-refractivity contribution is 0.103. The highest BCUT2D eigenvalue weighted by Gasteiger charge is 2.26. The second-order valence-corrected chi connectivity index (χ2v) is 4.40. The summed E-state index contributed by atoms with van der Waals surface area (Å²) in [6.07, 6.45) is -1.12. The third kappa shape index (κ3) is 2.90. The molecule has 72 valence electrons. The van der Waals surface area contributed by atoms with Crippen molar-refractivity contribution in [3.05, 3.63) is 0 Å². The molecule has 0 saturated carbocycles. The monoisotopic (exact) mass is 195 g/mol. The number of alkyl halides is 2. The van der Waals surface area contributed by atoms with E-state index >= 15 is 0 Å². The number of thioether (sulfide) groups is 1. The lowest BCUT2D eigenvalue weighted by atomic mass is 9.88. The Bertz CT molecular complexity index is 132. The quantitative estimate of drug-likeness (QED) is 0.745. The zero-order valence-electron chi connectivity index (χ0n) is 7.01. The van der Waals surface area contributed by atoms with Crippen molar-refractivity contribution in [2.24, 2.45) is 17.6 Å². The summed E-state index contributed by atoms with van der Waals surface area (Å²) in [4.78, 5) is 0. The van der Waals surface area contributed by atoms with Gasteiger partial charge in [0.25, 0.3) is 0 Å². The number of hydrogen-bond acceptors (Lipinski definition) is 2. The largest absolute Gasteiger partial charge is 0.330 e. The van der Waals surface area contributed by atoms with E-state index in [0.29, 0.717) is 12.5 Å². The molecule has 0 aromatic rings. The maximum absolute atomic E-state index is 12.1. The molecule has 0 amide bonds. The number of rotatable bonds is 3. The Hall–Kier alpha value is 0.170. The molecule has 2 N–H and O–H groups in total. The average molecular weight is 195 g/mol. The summed E-state index contributed by atoms with van der Waals surface area (Å²) in [5, 5.41) is 0. The van der Waals surface area contributed by atoms with Crippen molar-refractivity contribution in [1.29, 1.82) is 0 Å². The Balaban J connectivity index is 2.36. The Labute approximate surface area is 76.1 Å². The first kappa shape index (κ1) is 10.3. The van der Waals surface area contributed by atoms with E-state index in [-0.39, 0.29) is 12.3 Å². The third-order valence-electron chi connectivity index (χ3n) is 2.42. The lowest BCUT2D eigenvalue weighted by Gasteiger charge is -2.29. The molecule has 0 aliphatic carbocycles. The lowest BCUT2D eigenvalue weighted by Crippen LogP contribution is -2.30. The SMILES string of the molecule is NCC1CCSCC1CC(F)F. The maximum atomic E-state index is 12.1. The van der Waals surface area contributed by atoms with E-state index in [4.69, 9.17) is 5.73 Å². The topological polar surface area (TPSA) is 26.0 Å². The van der Waals surface area contributed by atoms with Gasteiger partial charge in [0, 0.05) is 6.42 Å². The van der Waals surface area contributed by atoms with E-state index in [1.807, 2.05) is 0 Å². The van der Waals surface area contributed by atoms with Crippen molar-refractivity contribution in [1.82, 2.24) is 0 Å². The van der Waals surface area contributed by atoms with Crippen LogP contribution in [0.5, 0.6) is 0 Å². The first-order valence-electron chi connectivity index (χ1n) is 4.30. The molecule has 0 aromatic carbocycles. The van der Waals surface area contributed by atoms with E-state index in [1.54, 1.807) is 11.8 Å². The normalized spacial score (nSPS) is 31.0. The number of nitrogens with two attached hydrogens (primary N) is 1. The van der Waals surface area contributed by atoms with Crippen molar-refractivity contribution < 1.29 is 8.78 Å². The summed E-state index contributed by atoms with van der Waals surface area (Å²) in [6, 6.07) is 0. The van der Waals surface area contributed by atoms with Crippen LogP contribution in [0.3, 0.4) is 0 Å². The molecule has 4 heteroatoms. The molecule has 0 aromatic heterocycles. The average Bonchev–Trinajstić information content (AvgIpc) is 2.04. The Morgan fingerprint density at radius 2 is 2.17 bits per heavy atom. The van der Waals surface area contributed by atoms with Crippen LogP contribution in [-0.2, 0) is 0 Å². The summed E-state index contributed by atoms with van der Waals surface area (Å²) in [5.41, 5.74) is 5.52. The van der Waals surface area contributed by atoms with Gasteiger partial charge in [-0.1, -0.05) is 0 Å². The molecule has 1 fully saturated rings. The Morgan fingerprint density at radius 1 is 1.42 bits per heavy atom. The molecule has 1 rings (SSSR count). The summed E-state index contributed by atoms with van der Waals surface area (Å²) in [6.45, 7) is 0.567. The van der Waals surface area contributed by atoms with Crippen LogP contribution in [0, 0.1) is 11.8 Å². The predicted molar refractivity (Wildman–Crippen MR) is 48.6 cm³/mol. The van der Waals surface area contributed by atoms with Crippen molar-refractivity contribution >= 4 is 11.8 Å². The van der Waals surface area contributed by atoms with Crippen LogP contribution in [0.25, 0.3) is 0 Å². The Morgan fingerprint density at radius 3 is 2.75 bits per heavy atom. The summed E-state index contributed by atoms with van der Waals surface area (Å²) in [7, 11) is 0. The van der Waals surface area contributed by atoms with Gasteiger partial charge in [-0.25, -0.2) is 8.78 Å². The molecule has 1 aliphatic rings. The summed E-state index contributed by atoms with van der Waals surface area (Å²) >= 11 is 1.78. The van der Waals surface area contributed by atoms with Gasteiger partial charge in [0.05, 0.1) is 0 Å². The van der Waals surface area contributed by atoms with Gasteiger partial charge in [0.1, 0.15) is 0 Å². The van der Waals surface area contributed by atoms with Crippen LogP contribution >= 0.6 is 11.8 Å². The van der Waals surface area contributed by atoms with Crippen molar-refractivity contribution in [2.45, 2.75) is 19.3 Å². The highest BCUT2D eigenvalue weighted by Crippen LogP contribution is 2.31. The van der Waals surface area contributed by atoms with Crippen LogP contribution in [0.15, 0.2) is 0 Å². The molecule has 0 bridgehead atoms. The molecule has 1 saturated heterocycles. The van der Waals surface area contributed by atoms with E-state index < -0.39 is 6.43 Å². The fourth-order valence-corrected chi connectivity index (χ4v) is 2.99. The molecule has 1 nitrogen and oxygen atoms in total. The zero-order valence-corrected chi connectivity index (χ0v) is 7.83. The molecule has 2 atom stereocenters. The first-order chi connectivity index (χ1) is 5.74. The number of hydrogen-bond donors (Lipinski definition) is 1. The first-order valence-corrected chi connectivity index (χ1v) is 5.45. The van der Waals surface area contributed by atoms with Crippen LogP contribution in [-0.4, -0.2) is 24.5 Å². The number of halogens is 2. The smallest absolute Gasteiger partial charge is 0.238 e. The molecule has 1 aliphatic heterocycles. The highest BCUT2D eigenvalue weighted by atomic mass is 32.2. The molecule has 1 heterocycles. The van der Waals surface area contributed by atoms with Gasteiger partial charge in [-0.05, 0) is 36.3 Å². The van der Waals surface area contributed by atoms with Crippen molar-refractivity contribution in [2.75, 3.05) is 18.1 Å². The summed E-state index contributed by atoms with van der Waals surface area (Å²) < 4.78 is 24.2. The van der Waals surface area contributed by atoms with E-state index in [1.165, 1.54) is 0 Å². The standard InChI is InChI=1S/C8H15F2NS/c9-8(10)3-7-5-12-2-1-6(7)4-11/h6-8H,1-5,11H2. The predicted octanol–water partition coefficient (Wildman–Crippen LogP) is 1.97. The fraction of sp³-hybridized carbons (Fsp3) is 1.00. The van der Waals surface area contributed by atoms with Gasteiger partial charge in [-0.15, -0.1) is 0 Å². The molecular formula is C8H15F2NS. The molecule has 0 spiro atoms. The minimum absolute atomic E-state index is 0.0366. The third-order valence-corrected chi connectivity index (χ3v) is 3.60. The van der Waals surface area contributed by atoms with Crippen molar-refractivity contribution in [3.63, 3.8) is 0 Å². The van der Waals surface area contributed by atoms with Gasteiger partial charge >= 0.3 is 0 Å². The van der Waals surface area contributed by atoms with Crippen LogP contribution < -0.4 is 5.73 Å². The van der Waals surface area contributed by atoms with Crippen molar-refractivity contribution in [3.8, 4) is 0 Å². The van der Waals surface area contributed by atoms with Crippen LogP contribution in [0.4, 0.5) is 8.78 Å². The second-order valence-electron chi connectivity index (χ2n) is 3.25. The highest BCUT2D eigenvalue weighted by molar-refractivity contribution is 7.99. The minimum atomic E-state index is -2.16. The molecule has 2 unspecified atom stereocenters. The molecule has 12 heavy (non-hydrogen) atoms. The molecular weight excluding hydrogens is 180 g/mol. The van der Waals surface area contributed by atoms with Crippen LogP contribution in [0.2, 0.25) is 0 Å².